The number of epoxide rings is 1. The molecule has 3 aliphatic rings. The van der Waals surface area contributed by atoms with Crippen LogP contribution in [0.2, 0.25) is 0 Å². The van der Waals surface area contributed by atoms with Crippen molar-refractivity contribution in [2.24, 2.45) is 5.92 Å². The normalized spacial score (nSPS) is 32.8. The average molecular weight is 460 g/mol. The van der Waals surface area contributed by atoms with E-state index in [2.05, 4.69) is 44.3 Å². The van der Waals surface area contributed by atoms with E-state index in [9.17, 15) is 9.59 Å². The number of rotatable bonds is 8. The highest BCUT2D eigenvalue weighted by Crippen LogP contribution is 2.46. The van der Waals surface area contributed by atoms with Crippen molar-refractivity contribution in [1.29, 1.82) is 0 Å². The van der Waals surface area contributed by atoms with Crippen LogP contribution in [0.4, 0.5) is 0 Å². The van der Waals surface area contributed by atoms with Gasteiger partial charge in [0.1, 0.15) is 6.10 Å². The minimum atomic E-state index is -0.396. The topological polar surface area (TPSA) is 77.2 Å². The summed E-state index contributed by atoms with van der Waals surface area (Å²) >= 11 is 0. The number of carbonyl (C=O) groups excluding carboxylic acids is 2. The monoisotopic (exact) mass is 459 g/mol. The second kappa shape index (κ2) is 11.0. The first-order valence-electron chi connectivity index (χ1n) is 12.4. The summed E-state index contributed by atoms with van der Waals surface area (Å²) in [7, 11) is 0. The lowest BCUT2D eigenvalue weighted by molar-refractivity contribution is -0.143. The quantitative estimate of drug-likeness (QED) is 0.244. The van der Waals surface area contributed by atoms with E-state index in [-0.39, 0.29) is 35.2 Å². The summed E-state index contributed by atoms with van der Waals surface area (Å²) in [4.78, 5) is 23.0. The largest absolute Gasteiger partial charge is 0.459 e. The molecule has 0 aromatic heterocycles. The zero-order chi connectivity index (χ0) is 24.1. The van der Waals surface area contributed by atoms with Crippen LogP contribution in [-0.4, -0.2) is 47.9 Å². The second-order valence-corrected chi connectivity index (χ2v) is 10.7. The Hall–Kier alpha value is -1.92. The molecule has 1 aliphatic carbocycles. The number of carbonyl (C=O) groups is 2. The number of allylic oxidation sites excluding steroid dienone is 3. The van der Waals surface area contributed by atoms with E-state index in [0.717, 1.165) is 51.6 Å². The van der Waals surface area contributed by atoms with Crippen LogP contribution >= 0.6 is 0 Å². The molecule has 1 N–H and O–H groups in total. The van der Waals surface area contributed by atoms with Crippen molar-refractivity contribution >= 4 is 11.9 Å². The standard InChI is InChI=1S/C27H41NO5/c1-19(7-14-24-16-27(18-31-27)17-26(4,5)33-24)6-9-22-10-12-23(13-11-22)28-25(30)15-8-20(2)32-21(3)29/h6-8,14-15,20,22-24H,9-13,16-18H2,1-5H3,(H,28,30)/t20?,22?,23?,24?,27-/m1/s1. The van der Waals surface area contributed by atoms with Crippen molar-refractivity contribution in [2.45, 2.75) is 109 Å². The number of hydrogen-bond donors (Lipinski definition) is 1. The molecule has 3 rings (SSSR count). The summed E-state index contributed by atoms with van der Waals surface area (Å²) in [5.74, 6) is 0.192. The summed E-state index contributed by atoms with van der Waals surface area (Å²) in [5.41, 5.74) is 1.19. The van der Waals surface area contributed by atoms with E-state index in [1.165, 1.54) is 18.6 Å². The van der Waals surface area contributed by atoms with Crippen molar-refractivity contribution in [2.75, 3.05) is 6.61 Å². The molecular weight excluding hydrogens is 418 g/mol. The first-order valence-corrected chi connectivity index (χ1v) is 12.4. The summed E-state index contributed by atoms with van der Waals surface area (Å²) in [6.45, 7) is 10.4. The van der Waals surface area contributed by atoms with Gasteiger partial charge < -0.3 is 19.5 Å². The van der Waals surface area contributed by atoms with Crippen molar-refractivity contribution < 1.29 is 23.8 Å². The predicted octanol–water partition coefficient (Wildman–Crippen LogP) is 4.79. The lowest BCUT2D eigenvalue weighted by atomic mass is 9.83. The molecular formula is C27H41NO5. The molecule has 6 nitrogen and oxygen atoms in total. The highest BCUT2D eigenvalue weighted by atomic mass is 16.6. The number of ether oxygens (including phenoxy) is 3. The predicted molar refractivity (Wildman–Crippen MR) is 129 cm³/mol. The Morgan fingerprint density at radius 2 is 1.85 bits per heavy atom. The van der Waals surface area contributed by atoms with Crippen molar-refractivity contribution in [3.05, 3.63) is 36.0 Å². The third-order valence-electron chi connectivity index (χ3n) is 6.75. The van der Waals surface area contributed by atoms with Gasteiger partial charge in [-0.05, 0) is 71.8 Å². The maximum atomic E-state index is 12.1. The lowest BCUT2D eigenvalue weighted by Crippen LogP contribution is -2.43. The van der Waals surface area contributed by atoms with Crippen LogP contribution in [0.1, 0.15) is 79.6 Å². The van der Waals surface area contributed by atoms with Crippen molar-refractivity contribution in [3.63, 3.8) is 0 Å². The molecule has 184 valence electrons. The highest BCUT2D eigenvalue weighted by Gasteiger charge is 2.53. The molecule has 2 unspecified atom stereocenters. The first kappa shape index (κ1) is 25.7. The van der Waals surface area contributed by atoms with Gasteiger partial charge in [0.25, 0.3) is 0 Å². The first-order chi connectivity index (χ1) is 15.5. The SMILES string of the molecule is CC(=O)OC(C)C=CC(=O)NC1CCC(CC=C(C)C=CC2C[C@]3(CO3)CC(C)(C)O2)CC1. The molecule has 2 aliphatic heterocycles. The zero-order valence-electron chi connectivity index (χ0n) is 20.9. The van der Waals surface area contributed by atoms with Crippen LogP contribution in [0.5, 0.6) is 0 Å². The minimum Gasteiger partial charge on any atom is -0.459 e. The fourth-order valence-electron chi connectivity index (χ4n) is 5.13. The fraction of sp³-hybridized carbons (Fsp3) is 0.704. The highest BCUT2D eigenvalue weighted by molar-refractivity contribution is 5.87. The molecule has 6 heteroatoms. The van der Waals surface area contributed by atoms with Crippen molar-refractivity contribution in [1.82, 2.24) is 5.32 Å². The second-order valence-electron chi connectivity index (χ2n) is 10.7. The molecule has 1 spiro atoms. The van der Waals surface area contributed by atoms with Crippen LogP contribution in [0, 0.1) is 5.92 Å². The van der Waals surface area contributed by atoms with E-state index >= 15 is 0 Å². The van der Waals surface area contributed by atoms with Gasteiger partial charge >= 0.3 is 5.97 Å². The molecule has 0 aromatic carbocycles. The Morgan fingerprint density at radius 1 is 1.15 bits per heavy atom. The van der Waals surface area contributed by atoms with Gasteiger partial charge in [-0.2, -0.15) is 0 Å². The summed E-state index contributed by atoms with van der Waals surface area (Å²) in [6.07, 6.45) is 16.7. The molecule has 3 atom stereocenters. The molecule has 0 bridgehead atoms. The summed E-state index contributed by atoms with van der Waals surface area (Å²) in [6, 6.07) is 0.219. The zero-order valence-corrected chi connectivity index (χ0v) is 20.9. The van der Waals surface area contributed by atoms with Crippen LogP contribution in [0.3, 0.4) is 0 Å². The van der Waals surface area contributed by atoms with Crippen molar-refractivity contribution in [3.8, 4) is 0 Å². The van der Waals surface area contributed by atoms with E-state index in [4.69, 9.17) is 14.2 Å². The van der Waals surface area contributed by atoms with Crippen LogP contribution in [0.15, 0.2) is 36.0 Å². The Morgan fingerprint density at radius 3 is 2.48 bits per heavy atom. The van der Waals surface area contributed by atoms with Gasteiger partial charge in [0, 0.05) is 31.9 Å². The maximum absolute atomic E-state index is 12.1. The van der Waals surface area contributed by atoms with Gasteiger partial charge in [-0.25, -0.2) is 0 Å². The van der Waals surface area contributed by atoms with Crippen LogP contribution in [-0.2, 0) is 23.8 Å². The molecule has 0 aromatic rings. The van der Waals surface area contributed by atoms with Gasteiger partial charge in [-0.15, -0.1) is 0 Å². The lowest BCUT2D eigenvalue weighted by Gasteiger charge is -2.38. The minimum absolute atomic E-state index is 0.0544. The fourth-order valence-corrected chi connectivity index (χ4v) is 5.13. The molecule has 1 amide bonds. The van der Waals surface area contributed by atoms with E-state index in [1.807, 2.05) is 0 Å². The Labute approximate surface area is 198 Å². The van der Waals surface area contributed by atoms with Gasteiger partial charge in [0.2, 0.25) is 5.91 Å². The molecule has 1 saturated carbocycles. The third kappa shape index (κ3) is 8.74. The Kier molecular flexibility index (Phi) is 8.57. The van der Waals surface area contributed by atoms with E-state index in [0.29, 0.717) is 5.92 Å². The van der Waals surface area contributed by atoms with Crippen LogP contribution < -0.4 is 5.32 Å². The maximum Gasteiger partial charge on any atom is 0.303 e. The van der Waals surface area contributed by atoms with Gasteiger partial charge in [0.15, 0.2) is 0 Å². The number of esters is 1. The number of amides is 1. The molecule has 3 fully saturated rings. The Bertz CT molecular complexity index is 778. The van der Waals surface area contributed by atoms with E-state index < -0.39 is 6.10 Å². The van der Waals surface area contributed by atoms with E-state index in [1.54, 1.807) is 13.0 Å². The molecule has 0 radical (unpaired) electrons. The number of nitrogens with one attached hydrogen (secondary N) is 1. The number of hydrogen-bond acceptors (Lipinski definition) is 5. The van der Waals surface area contributed by atoms with Gasteiger partial charge in [-0.1, -0.05) is 23.8 Å². The van der Waals surface area contributed by atoms with Gasteiger partial charge in [-0.3, -0.25) is 9.59 Å². The molecule has 2 heterocycles. The smallest absolute Gasteiger partial charge is 0.303 e. The third-order valence-corrected chi connectivity index (χ3v) is 6.75. The molecule has 33 heavy (non-hydrogen) atoms. The average Bonchev–Trinajstić information content (AvgIpc) is 3.46. The van der Waals surface area contributed by atoms with Gasteiger partial charge in [0.05, 0.1) is 23.9 Å². The molecule has 2 saturated heterocycles. The Balaban J connectivity index is 1.36. The summed E-state index contributed by atoms with van der Waals surface area (Å²) < 4.78 is 17.0. The summed E-state index contributed by atoms with van der Waals surface area (Å²) in [5, 5.41) is 3.07. The van der Waals surface area contributed by atoms with Crippen LogP contribution in [0.25, 0.3) is 0 Å².